The number of nitrogens with one attached hydrogen (secondary N) is 1. The second-order valence-corrected chi connectivity index (χ2v) is 25.2. The summed E-state index contributed by atoms with van der Waals surface area (Å²) in [5.74, 6) is 1.98. The summed E-state index contributed by atoms with van der Waals surface area (Å²) in [6.07, 6.45) is 16.2. The Morgan fingerprint density at radius 3 is 0.879 bits per heavy atom. The number of allylic oxidation sites excluding steroid dienone is 4. The van der Waals surface area contributed by atoms with E-state index in [9.17, 15) is 0 Å². The van der Waals surface area contributed by atoms with Crippen LogP contribution in [0.2, 0.25) is 0 Å². The Kier molecular flexibility index (Phi) is 49.7. The summed E-state index contributed by atoms with van der Waals surface area (Å²) in [4.78, 5) is 9.74. The van der Waals surface area contributed by atoms with Crippen LogP contribution < -0.4 is 5.32 Å². The first-order valence-corrected chi connectivity index (χ1v) is 35.2. The van der Waals surface area contributed by atoms with Crippen LogP contribution in [0.1, 0.15) is 218 Å². The van der Waals surface area contributed by atoms with Crippen LogP contribution in [0.25, 0.3) is 5.32 Å². The van der Waals surface area contributed by atoms with Crippen LogP contribution in [-0.2, 0) is 52.4 Å². The van der Waals surface area contributed by atoms with Gasteiger partial charge in [0.25, 0.3) is 0 Å². The maximum atomic E-state index is 5.15. The van der Waals surface area contributed by atoms with E-state index in [0.29, 0.717) is 23.7 Å². The topological polar surface area (TPSA) is 50.9 Å². The summed E-state index contributed by atoms with van der Waals surface area (Å²) in [7, 11) is 0. The Morgan fingerprint density at radius 2 is 0.616 bits per heavy atom. The monoisotopic (exact) mass is 1470 g/mol. The molecule has 0 bridgehead atoms. The van der Waals surface area contributed by atoms with Gasteiger partial charge in [0.15, 0.2) is 0 Å². The number of unbranched alkanes of at least 4 members (excludes halogenated alkanes) is 2. The smallest absolute Gasteiger partial charge is 0.656 e. The number of hydrogen-bond acceptors (Lipinski definition) is 3. The summed E-state index contributed by atoms with van der Waals surface area (Å²) in [6, 6.07) is 82.5. The van der Waals surface area contributed by atoms with E-state index in [4.69, 9.17) is 15.3 Å². The van der Waals surface area contributed by atoms with Crippen molar-refractivity contribution < 1.29 is 52.4 Å². The number of hydrogen-bond donors (Lipinski definition) is 1. The van der Waals surface area contributed by atoms with Crippen molar-refractivity contribution >= 4 is 22.8 Å². The van der Waals surface area contributed by atoms with E-state index in [1.807, 2.05) is 212 Å². The van der Waals surface area contributed by atoms with E-state index in [0.717, 1.165) is 89.8 Å². The van der Waals surface area contributed by atoms with Crippen LogP contribution in [-0.4, -0.2) is 24.5 Å². The second-order valence-electron chi connectivity index (χ2n) is 25.2. The molecular formula is C93H116N4Zr2-. The molecule has 0 fully saturated rings. The fourth-order valence-electron chi connectivity index (χ4n) is 9.76. The minimum absolute atomic E-state index is 0. The zero-order valence-corrected chi connectivity index (χ0v) is 66.8. The van der Waals surface area contributed by atoms with Crippen LogP contribution in [0.4, 0.5) is 11.4 Å². The molecule has 0 amide bonds. The van der Waals surface area contributed by atoms with E-state index in [2.05, 4.69) is 172 Å². The van der Waals surface area contributed by atoms with Gasteiger partial charge in [0.1, 0.15) is 0 Å². The molecular weight excluding hydrogens is 1360 g/mol. The van der Waals surface area contributed by atoms with Gasteiger partial charge in [-0.25, -0.2) is 0 Å². The standard InChI is InChI=1S/C22H34N2.C22H33N2.7C7H7.2Zr/c2*1-6-7-15-23-20-13-8-9-14-21(20)24-22-18(16(2)3)11-10-12-19(22)17(4)5;7*1-7-5-3-2-4-6-7;;/h10-12,14,16-17,24H,6-9,13,15H2,1-5H3;10-12,14,16-17H,6-9,13,15H2,1-5H3;7*2-6H,1H2;;/q;8*-1;+3;+4. The molecule has 0 unspecified atom stereocenters. The molecule has 4 nitrogen and oxygen atoms in total. The van der Waals surface area contributed by atoms with Gasteiger partial charge in [-0.3, -0.25) is 9.98 Å². The van der Waals surface area contributed by atoms with Gasteiger partial charge >= 0.3 is 52.4 Å². The van der Waals surface area contributed by atoms with Crippen molar-refractivity contribution in [2.45, 2.75) is 157 Å². The first kappa shape index (κ1) is 89.3. The fraction of sp³-hybridized carbons (Fsp3) is 0.280. The number of aliphatic imine (C=N–C) groups is 2. The predicted molar refractivity (Wildman–Crippen MR) is 430 cm³/mol. The van der Waals surface area contributed by atoms with Crippen molar-refractivity contribution in [2.24, 2.45) is 9.98 Å². The minimum Gasteiger partial charge on any atom is -0.656 e. The van der Waals surface area contributed by atoms with Gasteiger partial charge in [0.05, 0.1) is 11.4 Å². The summed E-state index contributed by atoms with van der Waals surface area (Å²) in [5, 5.41) is 8.94. The van der Waals surface area contributed by atoms with Crippen molar-refractivity contribution in [1.82, 2.24) is 0 Å². The Bertz CT molecular complexity index is 3010. The van der Waals surface area contributed by atoms with Crippen molar-refractivity contribution in [3.8, 4) is 0 Å². The van der Waals surface area contributed by atoms with Crippen molar-refractivity contribution in [3.63, 3.8) is 0 Å². The molecule has 0 aromatic heterocycles. The van der Waals surface area contributed by atoms with Crippen LogP contribution in [0.5, 0.6) is 0 Å². The van der Waals surface area contributed by atoms with E-state index < -0.39 is 0 Å². The maximum Gasteiger partial charge on any atom is 4.00 e. The van der Waals surface area contributed by atoms with Crippen molar-refractivity contribution in [2.75, 3.05) is 18.4 Å². The van der Waals surface area contributed by atoms with Crippen LogP contribution >= 0.6 is 0 Å². The molecule has 0 saturated heterocycles. The molecule has 1 N–H and O–H groups in total. The Labute approximate surface area is 642 Å². The number of benzene rings is 9. The fourth-order valence-corrected chi connectivity index (χ4v) is 9.76. The predicted octanol–water partition coefficient (Wildman–Crippen LogP) is 27.0. The molecule has 1 radical (unpaired) electrons. The van der Waals surface area contributed by atoms with E-state index in [-0.39, 0.29) is 52.4 Å². The van der Waals surface area contributed by atoms with E-state index in [1.54, 1.807) is 0 Å². The van der Waals surface area contributed by atoms with Crippen LogP contribution in [0.15, 0.2) is 282 Å². The Morgan fingerprint density at radius 1 is 0.354 bits per heavy atom. The number of anilines is 1. The van der Waals surface area contributed by atoms with Gasteiger partial charge in [-0.05, 0) is 86.2 Å². The third-order valence-electron chi connectivity index (χ3n) is 15.3. The number of rotatable bonds is 14. The molecule has 0 saturated carbocycles. The van der Waals surface area contributed by atoms with Gasteiger partial charge in [-0.15, -0.1) is 96.3 Å². The second kappa shape index (κ2) is 55.1. The number of para-hydroxylation sites is 2. The molecule has 11 rings (SSSR count). The third-order valence-corrected chi connectivity index (χ3v) is 15.3. The normalized spacial score (nSPS) is 12.4. The van der Waals surface area contributed by atoms with Crippen LogP contribution in [0, 0.1) is 48.5 Å². The number of nitrogens with zero attached hydrogens (tertiary/aromatic N) is 3. The molecule has 0 heterocycles. The molecule has 0 atom stereocenters. The third kappa shape index (κ3) is 40.2. The van der Waals surface area contributed by atoms with Gasteiger partial charge in [-0.1, -0.05) is 184 Å². The average molecular weight is 1470 g/mol. The van der Waals surface area contributed by atoms with Gasteiger partial charge < -0.3 is 10.6 Å². The summed E-state index contributed by atoms with van der Waals surface area (Å²) in [5.41, 5.74) is 20.3. The molecule has 0 spiro atoms. The Balaban J connectivity index is 0.000000594. The van der Waals surface area contributed by atoms with Gasteiger partial charge in [0, 0.05) is 24.5 Å². The van der Waals surface area contributed by atoms with E-state index in [1.165, 1.54) is 82.9 Å². The largest absolute Gasteiger partial charge is 4.00 e. The average Bonchev–Trinajstić information content (AvgIpc) is 0.820. The van der Waals surface area contributed by atoms with Gasteiger partial charge in [0.2, 0.25) is 0 Å². The Hall–Kier alpha value is -7.74. The van der Waals surface area contributed by atoms with Crippen molar-refractivity contribution in [3.05, 3.63) is 387 Å². The van der Waals surface area contributed by atoms with Crippen molar-refractivity contribution in [1.29, 1.82) is 0 Å². The molecule has 2 aliphatic carbocycles. The SMILES string of the molecule is CCCCN=C1CCCC=C1Nc1c(C(C)C)cccc1C(C)C.CCCCN=C1CCCC=C1[N-]c1c(C(C)C)cccc1C(C)C.[CH2-]c1ccccc1.[CH2-]c1ccccc1.[CH2-]c1ccccc1.[CH2-]c1ccccc1.[CH2-]c1ccccc1.[CH2-]c1ccccc1.[CH2-]c1ccccc1.[Zr+3].[Zr+4]. The van der Waals surface area contributed by atoms with Gasteiger partial charge in [-0.2, -0.15) is 172 Å². The first-order valence-electron chi connectivity index (χ1n) is 35.2. The molecule has 9 aromatic rings. The molecule has 9 aromatic carbocycles. The minimum atomic E-state index is 0. The maximum absolute atomic E-state index is 5.15. The van der Waals surface area contributed by atoms with E-state index >= 15 is 0 Å². The zero-order valence-electron chi connectivity index (χ0n) is 61.9. The first-order chi connectivity index (χ1) is 46.8. The molecule has 0 aliphatic heterocycles. The summed E-state index contributed by atoms with van der Waals surface area (Å²) >= 11 is 0. The molecule has 6 heteroatoms. The molecule has 517 valence electrons. The van der Waals surface area contributed by atoms with Crippen LogP contribution in [0.3, 0.4) is 0 Å². The molecule has 99 heavy (non-hydrogen) atoms. The summed E-state index contributed by atoms with van der Waals surface area (Å²) < 4.78 is 0. The quantitative estimate of drug-likeness (QED) is 0.0856. The molecule has 2 aliphatic rings. The zero-order chi connectivity index (χ0) is 70.8. The summed E-state index contributed by atoms with van der Waals surface area (Å²) in [6.45, 7) is 50.5.